The third-order valence-electron chi connectivity index (χ3n) is 6.12. The molecular formula is C20H26ClN3O5S. The number of piperazine rings is 1. The van der Waals surface area contributed by atoms with E-state index in [-0.39, 0.29) is 47.2 Å². The van der Waals surface area contributed by atoms with E-state index in [0.29, 0.717) is 31.1 Å². The Morgan fingerprint density at radius 3 is 2.57 bits per heavy atom. The summed E-state index contributed by atoms with van der Waals surface area (Å²) in [5.74, 6) is 0.727. The molecule has 2 amide bonds. The van der Waals surface area contributed by atoms with Crippen molar-refractivity contribution >= 4 is 39.1 Å². The Balaban J connectivity index is 1.39. The summed E-state index contributed by atoms with van der Waals surface area (Å²) in [7, 11) is -3.84. The van der Waals surface area contributed by atoms with Crippen LogP contribution in [0.1, 0.15) is 38.5 Å². The Hall–Kier alpha value is -1.84. The Labute approximate surface area is 181 Å². The fourth-order valence-corrected chi connectivity index (χ4v) is 6.32. The highest BCUT2D eigenvalue weighted by molar-refractivity contribution is 7.89. The largest absolute Gasteiger partial charge is 0.482 e. The first-order valence-electron chi connectivity index (χ1n) is 10.4. The maximum atomic E-state index is 13.1. The molecule has 0 bridgehead atoms. The number of halogens is 1. The van der Waals surface area contributed by atoms with E-state index in [4.69, 9.17) is 16.3 Å². The highest BCUT2D eigenvalue weighted by Crippen LogP contribution is 2.37. The van der Waals surface area contributed by atoms with E-state index in [9.17, 15) is 18.0 Å². The summed E-state index contributed by atoms with van der Waals surface area (Å²) < 4.78 is 32.9. The van der Waals surface area contributed by atoms with Gasteiger partial charge < -0.3 is 15.0 Å². The van der Waals surface area contributed by atoms with Crippen LogP contribution in [0.2, 0.25) is 5.02 Å². The second-order valence-corrected chi connectivity index (χ2v) is 10.4. The smallest absolute Gasteiger partial charge is 0.262 e. The zero-order valence-electron chi connectivity index (χ0n) is 16.7. The first-order valence-corrected chi connectivity index (χ1v) is 12.2. The molecule has 2 fully saturated rings. The van der Waals surface area contributed by atoms with E-state index in [1.54, 1.807) is 4.90 Å². The molecular weight excluding hydrogens is 430 g/mol. The highest BCUT2D eigenvalue weighted by Gasteiger charge is 2.33. The van der Waals surface area contributed by atoms with Crippen molar-refractivity contribution in [1.82, 2.24) is 9.21 Å². The SMILES string of the molecule is O=C1COc2cc(S(=O)(=O)N3CCN(C(=O)CCC4CCCC4)CC3)c(Cl)cc2N1. The molecule has 0 unspecified atom stereocenters. The molecule has 10 heteroatoms. The molecule has 0 spiro atoms. The summed E-state index contributed by atoms with van der Waals surface area (Å²) in [5.41, 5.74) is 0.355. The van der Waals surface area contributed by atoms with Crippen LogP contribution < -0.4 is 10.1 Å². The van der Waals surface area contributed by atoms with E-state index in [1.165, 1.54) is 42.1 Å². The van der Waals surface area contributed by atoms with Gasteiger partial charge in [-0.1, -0.05) is 37.3 Å². The van der Waals surface area contributed by atoms with Crippen molar-refractivity contribution in [1.29, 1.82) is 0 Å². The third kappa shape index (κ3) is 4.43. The molecule has 2 aliphatic heterocycles. The zero-order chi connectivity index (χ0) is 21.3. The number of sulfonamides is 1. The molecule has 164 valence electrons. The molecule has 0 atom stereocenters. The van der Waals surface area contributed by atoms with Crippen LogP contribution in [-0.2, 0) is 19.6 Å². The van der Waals surface area contributed by atoms with Crippen LogP contribution in [0.3, 0.4) is 0 Å². The van der Waals surface area contributed by atoms with Crippen LogP contribution in [0.25, 0.3) is 0 Å². The number of rotatable bonds is 5. The van der Waals surface area contributed by atoms with Gasteiger partial charge in [0.15, 0.2) is 6.61 Å². The van der Waals surface area contributed by atoms with Gasteiger partial charge in [-0.25, -0.2) is 8.42 Å². The van der Waals surface area contributed by atoms with Gasteiger partial charge in [-0.05, 0) is 18.4 Å². The number of amides is 2. The first-order chi connectivity index (χ1) is 14.3. The molecule has 1 N–H and O–H groups in total. The maximum Gasteiger partial charge on any atom is 0.262 e. The average Bonchev–Trinajstić information content (AvgIpc) is 3.25. The Morgan fingerprint density at radius 1 is 1.17 bits per heavy atom. The number of carbonyl (C=O) groups excluding carboxylic acids is 2. The lowest BCUT2D eigenvalue weighted by atomic mass is 10.0. The topological polar surface area (TPSA) is 96.0 Å². The van der Waals surface area contributed by atoms with Crippen molar-refractivity contribution < 1.29 is 22.7 Å². The third-order valence-corrected chi connectivity index (χ3v) is 8.48. The minimum Gasteiger partial charge on any atom is -0.482 e. The van der Waals surface area contributed by atoms with Gasteiger partial charge in [-0.2, -0.15) is 4.31 Å². The molecule has 8 nitrogen and oxygen atoms in total. The Kier molecular flexibility index (Phi) is 6.22. The van der Waals surface area contributed by atoms with Crippen LogP contribution in [0.4, 0.5) is 5.69 Å². The van der Waals surface area contributed by atoms with Gasteiger partial charge in [0.1, 0.15) is 10.6 Å². The summed E-state index contributed by atoms with van der Waals surface area (Å²) in [6.45, 7) is 1.02. The lowest BCUT2D eigenvalue weighted by Gasteiger charge is -2.34. The molecule has 1 aromatic rings. The summed E-state index contributed by atoms with van der Waals surface area (Å²) in [4.78, 5) is 25.6. The molecule has 1 saturated carbocycles. The van der Waals surface area contributed by atoms with Crippen LogP contribution in [0.15, 0.2) is 17.0 Å². The molecule has 30 heavy (non-hydrogen) atoms. The van der Waals surface area contributed by atoms with Gasteiger partial charge in [0.25, 0.3) is 5.91 Å². The number of fused-ring (bicyclic) bond motifs is 1. The summed E-state index contributed by atoms with van der Waals surface area (Å²) >= 11 is 6.22. The number of carbonyl (C=O) groups is 2. The normalized spacial score (nSPS) is 20.6. The highest BCUT2D eigenvalue weighted by atomic mass is 35.5. The van der Waals surface area contributed by atoms with Crippen molar-refractivity contribution in [2.45, 2.75) is 43.4 Å². The maximum absolute atomic E-state index is 13.1. The van der Waals surface area contributed by atoms with Crippen molar-refractivity contribution in [2.75, 3.05) is 38.1 Å². The predicted octanol–water partition coefficient (Wildman–Crippen LogP) is 2.47. The fraction of sp³-hybridized carbons (Fsp3) is 0.600. The molecule has 2 heterocycles. The minimum atomic E-state index is -3.84. The molecule has 4 rings (SSSR count). The van der Waals surface area contributed by atoms with Crippen LogP contribution >= 0.6 is 11.6 Å². The minimum absolute atomic E-state index is 0.0228. The van der Waals surface area contributed by atoms with E-state index < -0.39 is 10.0 Å². The number of hydrogen-bond donors (Lipinski definition) is 1. The molecule has 3 aliphatic rings. The number of nitrogens with one attached hydrogen (secondary N) is 1. The molecule has 0 radical (unpaired) electrons. The number of hydrogen-bond acceptors (Lipinski definition) is 5. The molecule has 0 aromatic heterocycles. The standard InChI is InChI=1S/C20H26ClN3O5S/c21-15-11-16-17(29-13-19(25)22-16)12-18(15)30(27,28)24-9-7-23(8-10-24)20(26)6-5-14-3-1-2-4-14/h11-12,14H,1-10,13H2,(H,22,25). The zero-order valence-corrected chi connectivity index (χ0v) is 18.3. The van der Waals surface area contributed by atoms with Crippen molar-refractivity contribution in [2.24, 2.45) is 5.92 Å². The van der Waals surface area contributed by atoms with E-state index in [0.717, 1.165) is 6.42 Å². The molecule has 1 saturated heterocycles. The predicted molar refractivity (Wildman–Crippen MR) is 112 cm³/mol. The quantitative estimate of drug-likeness (QED) is 0.735. The van der Waals surface area contributed by atoms with Gasteiger partial charge in [0, 0.05) is 38.7 Å². The van der Waals surface area contributed by atoms with Gasteiger partial charge in [0.05, 0.1) is 10.7 Å². The van der Waals surface area contributed by atoms with Gasteiger partial charge in [0.2, 0.25) is 15.9 Å². The van der Waals surface area contributed by atoms with Crippen LogP contribution in [0.5, 0.6) is 5.75 Å². The molecule has 1 aliphatic carbocycles. The summed E-state index contributed by atoms with van der Waals surface area (Å²) in [5, 5.41) is 2.63. The Bertz CT molecular complexity index is 938. The second kappa shape index (κ2) is 8.72. The number of benzene rings is 1. The lowest BCUT2D eigenvalue weighted by molar-refractivity contribution is -0.132. The van der Waals surface area contributed by atoms with Gasteiger partial charge in [-0.3, -0.25) is 9.59 Å². The summed E-state index contributed by atoms with van der Waals surface area (Å²) in [6.07, 6.45) is 6.42. The fourth-order valence-electron chi connectivity index (χ4n) is 4.38. The Morgan fingerprint density at radius 2 is 1.87 bits per heavy atom. The first kappa shape index (κ1) is 21.4. The second-order valence-electron chi connectivity index (χ2n) is 8.09. The van der Waals surface area contributed by atoms with Gasteiger partial charge >= 0.3 is 0 Å². The molecule has 1 aromatic carbocycles. The van der Waals surface area contributed by atoms with E-state index in [2.05, 4.69) is 5.32 Å². The van der Waals surface area contributed by atoms with Gasteiger partial charge in [-0.15, -0.1) is 0 Å². The number of anilines is 1. The van der Waals surface area contributed by atoms with Crippen molar-refractivity contribution in [3.05, 3.63) is 17.2 Å². The van der Waals surface area contributed by atoms with Crippen molar-refractivity contribution in [3.63, 3.8) is 0 Å². The van der Waals surface area contributed by atoms with Crippen LogP contribution in [0, 0.1) is 5.92 Å². The van der Waals surface area contributed by atoms with Crippen molar-refractivity contribution in [3.8, 4) is 5.75 Å². The number of ether oxygens (including phenoxy) is 1. The summed E-state index contributed by atoms with van der Waals surface area (Å²) in [6, 6.07) is 2.75. The average molecular weight is 456 g/mol. The number of nitrogens with zero attached hydrogens (tertiary/aromatic N) is 2. The van der Waals surface area contributed by atoms with E-state index in [1.807, 2.05) is 0 Å². The monoisotopic (exact) mass is 455 g/mol. The van der Waals surface area contributed by atoms with E-state index >= 15 is 0 Å². The van der Waals surface area contributed by atoms with Crippen LogP contribution in [-0.4, -0.2) is 62.2 Å². The lowest BCUT2D eigenvalue weighted by Crippen LogP contribution is -2.50.